The molecule has 2 aromatic rings. The van der Waals surface area contributed by atoms with Crippen molar-refractivity contribution in [2.75, 3.05) is 29.9 Å². The Hall–Kier alpha value is -2.43. The van der Waals surface area contributed by atoms with E-state index in [4.69, 9.17) is 0 Å². The van der Waals surface area contributed by atoms with Gasteiger partial charge in [-0.2, -0.15) is 0 Å². The van der Waals surface area contributed by atoms with Gasteiger partial charge in [0.05, 0.1) is 16.9 Å². The van der Waals surface area contributed by atoms with E-state index in [1.54, 1.807) is 6.07 Å². The molecule has 0 unspecified atom stereocenters. The van der Waals surface area contributed by atoms with Gasteiger partial charge in [0.15, 0.2) is 11.6 Å². The first-order valence-electron chi connectivity index (χ1n) is 6.65. The number of benzene rings is 2. The molecule has 3 nitrogen and oxygen atoms in total. The number of halogens is 2. The second-order valence-corrected chi connectivity index (χ2v) is 4.97. The van der Waals surface area contributed by atoms with Crippen molar-refractivity contribution < 1.29 is 13.6 Å². The average molecular weight is 288 g/mol. The van der Waals surface area contributed by atoms with E-state index < -0.39 is 17.5 Å². The second kappa shape index (κ2) is 5.16. The van der Waals surface area contributed by atoms with Crippen LogP contribution in [0, 0.1) is 11.6 Å². The number of amides is 1. The molecule has 0 atom stereocenters. The van der Waals surface area contributed by atoms with Gasteiger partial charge < -0.3 is 9.80 Å². The molecule has 1 amide bonds. The monoisotopic (exact) mass is 288 g/mol. The number of rotatable bonds is 1. The van der Waals surface area contributed by atoms with Gasteiger partial charge in [-0.15, -0.1) is 0 Å². The number of para-hydroxylation sites is 2. The van der Waals surface area contributed by atoms with Crippen molar-refractivity contribution in [1.82, 2.24) is 0 Å². The molecule has 1 aliphatic heterocycles. The van der Waals surface area contributed by atoms with E-state index in [2.05, 4.69) is 0 Å². The molecule has 3 rings (SSSR count). The van der Waals surface area contributed by atoms with E-state index >= 15 is 0 Å². The summed E-state index contributed by atoms with van der Waals surface area (Å²) in [5.74, 6) is -2.63. The number of likely N-dealkylation sites (N-methyl/N-ethyl adjacent to an activating group) is 1. The number of hydrogen-bond acceptors (Lipinski definition) is 2. The molecule has 5 heteroatoms. The van der Waals surface area contributed by atoms with Gasteiger partial charge in [0.1, 0.15) is 0 Å². The third-order valence-electron chi connectivity index (χ3n) is 3.67. The van der Waals surface area contributed by atoms with Crippen LogP contribution in [-0.2, 0) is 0 Å². The van der Waals surface area contributed by atoms with Gasteiger partial charge in [-0.1, -0.05) is 18.2 Å². The molecule has 0 fully saturated rings. The van der Waals surface area contributed by atoms with Crippen molar-refractivity contribution in [3.05, 3.63) is 59.7 Å². The topological polar surface area (TPSA) is 23.6 Å². The van der Waals surface area contributed by atoms with Crippen molar-refractivity contribution in [2.24, 2.45) is 0 Å². The maximum Gasteiger partial charge on any atom is 0.261 e. The third-order valence-corrected chi connectivity index (χ3v) is 3.67. The first kappa shape index (κ1) is 13.5. The lowest BCUT2D eigenvalue weighted by molar-refractivity contribution is 0.0982. The van der Waals surface area contributed by atoms with Gasteiger partial charge >= 0.3 is 0 Å². The first-order chi connectivity index (χ1) is 10.1. The number of carbonyl (C=O) groups is 1. The van der Waals surface area contributed by atoms with Crippen LogP contribution < -0.4 is 9.80 Å². The van der Waals surface area contributed by atoms with Gasteiger partial charge in [0.25, 0.3) is 5.91 Å². The molecule has 0 aromatic heterocycles. The lowest BCUT2D eigenvalue weighted by atomic mass is 10.1. The van der Waals surface area contributed by atoms with E-state index in [-0.39, 0.29) is 5.56 Å². The molecule has 0 radical (unpaired) electrons. The van der Waals surface area contributed by atoms with Crippen molar-refractivity contribution in [1.29, 1.82) is 0 Å². The molecule has 108 valence electrons. The fraction of sp³-hybridized carbons (Fsp3) is 0.188. The SMILES string of the molecule is CN1CCN(C(=O)c2cccc(F)c2F)c2ccccc21. The number of anilines is 2. The van der Waals surface area contributed by atoms with E-state index in [1.807, 2.05) is 30.1 Å². The molecule has 1 heterocycles. The minimum Gasteiger partial charge on any atom is -0.371 e. The summed E-state index contributed by atoms with van der Waals surface area (Å²) >= 11 is 0. The summed E-state index contributed by atoms with van der Waals surface area (Å²) in [5, 5.41) is 0. The van der Waals surface area contributed by atoms with Crippen molar-refractivity contribution in [3.63, 3.8) is 0 Å². The largest absolute Gasteiger partial charge is 0.371 e. The number of fused-ring (bicyclic) bond motifs is 1. The summed E-state index contributed by atoms with van der Waals surface area (Å²) in [6, 6.07) is 11.1. The molecule has 1 aliphatic rings. The maximum atomic E-state index is 13.8. The van der Waals surface area contributed by atoms with Crippen LogP contribution in [-0.4, -0.2) is 26.0 Å². The van der Waals surface area contributed by atoms with Gasteiger partial charge in [0, 0.05) is 20.1 Å². The lowest BCUT2D eigenvalue weighted by Gasteiger charge is -2.35. The zero-order valence-electron chi connectivity index (χ0n) is 11.5. The maximum absolute atomic E-state index is 13.8. The van der Waals surface area contributed by atoms with Crippen LogP contribution in [0.5, 0.6) is 0 Å². The van der Waals surface area contributed by atoms with Crippen LogP contribution in [0.25, 0.3) is 0 Å². The molecule has 0 bridgehead atoms. The molecular formula is C16H14F2N2O. The Morgan fingerprint density at radius 2 is 1.71 bits per heavy atom. The predicted molar refractivity (Wildman–Crippen MR) is 77.7 cm³/mol. The Kier molecular flexibility index (Phi) is 3.33. The fourth-order valence-corrected chi connectivity index (χ4v) is 2.53. The minimum atomic E-state index is -1.10. The molecule has 0 N–H and O–H groups in total. The minimum absolute atomic E-state index is 0.241. The summed E-state index contributed by atoms with van der Waals surface area (Å²) < 4.78 is 27.1. The van der Waals surface area contributed by atoms with Crippen LogP contribution in [0.3, 0.4) is 0 Å². The average Bonchev–Trinajstić information content (AvgIpc) is 2.50. The quantitative estimate of drug-likeness (QED) is 0.805. The fourth-order valence-electron chi connectivity index (χ4n) is 2.53. The standard InChI is InChI=1S/C16H14F2N2O/c1-19-9-10-20(14-8-3-2-7-13(14)19)16(21)11-5-4-6-12(17)15(11)18/h2-8H,9-10H2,1H3. The van der Waals surface area contributed by atoms with Crippen molar-refractivity contribution >= 4 is 17.3 Å². The molecule has 21 heavy (non-hydrogen) atoms. The van der Waals surface area contributed by atoms with Gasteiger partial charge in [-0.05, 0) is 24.3 Å². The smallest absolute Gasteiger partial charge is 0.261 e. The number of carbonyl (C=O) groups excluding carboxylic acids is 1. The Labute approximate surface area is 121 Å². The van der Waals surface area contributed by atoms with Crippen LogP contribution in [0.2, 0.25) is 0 Å². The van der Waals surface area contributed by atoms with Crippen LogP contribution >= 0.6 is 0 Å². The lowest BCUT2D eigenvalue weighted by Crippen LogP contribution is -2.43. The normalized spacial score (nSPS) is 14.0. The van der Waals surface area contributed by atoms with E-state index in [0.717, 1.165) is 11.8 Å². The summed E-state index contributed by atoms with van der Waals surface area (Å²) in [5.41, 5.74) is 1.36. The second-order valence-electron chi connectivity index (χ2n) is 4.97. The highest BCUT2D eigenvalue weighted by Gasteiger charge is 2.27. The van der Waals surface area contributed by atoms with Gasteiger partial charge in [-0.3, -0.25) is 4.79 Å². The van der Waals surface area contributed by atoms with Crippen LogP contribution in [0.4, 0.5) is 20.2 Å². The summed E-state index contributed by atoms with van der Waals surface area (Å²) in [6.07, 6.45) is 0. The highest BCUT2D eigenvalue weighted by atomic mass is 19.2. The third kappa shape index (κ3) is 2.24. The van der Waals surface area contributed by atoms with Gasteiger partial charge in [0.2, 0.25) is 0 Å². The number of nitrogens with zero attached hydrogens (tertiary/aromatic N) is 2. The van der Waals surface area contributed by atoms with Crippen molar-refractivity contribution in [2.45, 2.75) is 0 Å². The zero-order chi connectivity index (χ0) is 15.0. The Morgan fingerprint density at radius 1 is 1.00 bits per heavy atom. The summed E-state index contributed by atoms with van der Waals surface area (Å²) in [4.78, 5) is 16.1. The van der Waals surface area contributed by atoms with Crippen LogP contribution in [0.1, 0.15) is 10.4 Å². The Bertz CT molecular complexity index is 702. The molecule has 0 saturated heterocycles. The summed E-state index contributed by atoms with van der Waals surface area (Å²) in [6.45, 7) is 1.07. The molecule has 0 aliphatic carbocycles. The predicted octanol–water partition coefficient (Wildman–Crippen LogP) is 3.06. The zero-order valence-corrected chi connectivity index (χ0v) is 11.5. The highest BCUT2D eigenvalue weighted by Crippen LogP contribution is 2.33. The van der Waals surface area contributed by atoms with Gasteiger partial charge in [-0.25, -0.2) is 8.78 Å². The van der Waals surface area contributed by atoms with E-state index in [0.29, 0.717) is 18.8 Å². The first-order valence-corrected chi connectivity index (χ1v) is 6.65. The molecule has 0 spiro atoms. The van der Waals surface area contributed by atoms with Crippen LogP contribution in [0.15, 0.2) is 42.5 Å². The Morgan fingerprint density at radius 3 is 2.48 bits per heavy atom. The molecule has 0 saturated carbocycles. The van der Waals surface area contributed by atoms with E-state index in [1.165, 1.54) is 17.0 Å². The Balaban J connectivity index is 2.03. The number of hydrogen-bond donors (Lipinski definition) is 0. The summed E-state index contributed by atoms with van der Waals surface area (Å²) in [7, 11) is 1.93. The highest BCUT2D eigenvalue weighted by molar-refractivity contribution is 6.08. The van der Waals surface area contributed by atoms with E-state index in [9.17, 15) is 13.6 Å². The van der Waals surface area contributed by atoms with Crippen molar-refractivity contribution in [3.8, 4) is 0 Å². The molecule has 2 aromatic carbocycles. The molecular weight excluding hydrogens is 274 g/mol.